The highest BCUT2D eigenvalue weighted by Crippen LogP contribution is 1.89. The topological polar surface area (TPSA) is 93.4 Å². The molecule has 0 aliphatic carbocycles. The van der Waals surface area contributed by atoms with E-state index in [4.69, 9.17) is 10.5 Å². The van der Waals surface area contributed by atoms with Gasteiger partial charge in [0.05, 0.1) is 6.61 Å². The highest BCUT2D eigenvalue weighted by Gasteiger charge is 2.06. The first kappa shape index (κ1) is 14.9. The lowest BCUT2D eigenvalue weighted by atomic mass is 10.2. The van der Waals surface area contributed by atoms with Gasteiger partial charge >= 0.3 is 0 Å². The van der Waals surface area contributed by atoms with Gasteiger partial charge in [-0.25, -0.2) is 0 Å². The molecule has 0 rings (SSSR count). The number of nitrogens with one attached hydrogen (secondary N) is 2. The second-order valence-electron chi connectivity index (χ2n) is 3.53. The van der Waals surface area contributed by atoms with Crippen LogP contribution in [0.5, 0.6) is 0 Å². The Morgan fingerprint density at radius 1 is 1.44 bits per heavy atom. The van der Waals surface area contributed by atoms with Gasteiger partial charge in [0.2, 0.25) is 11.8 Å². The van der Waals surface area contributed by atoms with Crippen molar-refractivity contribution < 1.29 is 14.3 Å². The standard InChI is InChI=1S/C10H21N3O3/c1-3-12-8(2)6-10(15)13-4-5-16-7-9(11)14/h8,12H,3-7H2,1-2H3,(H2,11,14)(H,13,15). The molecule has 0 aliphatic heterocycles. The highest BCUT2D eigenvalue weighted by molar-refractivity contribution is 5.76. The number of primary amides is 1. The van der Waals surface area contributed by atoms with Crippen LogP contribution in [0.25, 0.3) is 0 Å². The Labute approximate surface area is 95.9 Å². The van der Waals surface area contributed by atoms with Crippen molar-refractivity contribution in [1.82, 2.24) is 10.6 Å². The van der Waals surface area contributed by atoms with Gasteiger partial charge in [0.15, 0.2) is 0 Å². The molecule has 0 aromatic rings. The molecule has 0 saturated carbocycles. The molecule has 0 spiro atoms. The van der Waals surface area contributed by atoms with Crippen LogP contribution in [-0.4, -0.2) is 44.2 Å². The third-order valence-corrected chi connectivity index (χ3v) is 1.86. The summed E-state index contributed by atoms with van der Waals surface area (Å²) in [5.41, 5.74) is 4.87. The average Bonchev–Trinajstić information content (AvgIpc) is 2.16. The van der Waals surface area contributed by atoms with Crippen LogP contribution in [0.15, 0.2) is 0 Å². The van der Waals surface area contributed by atoms with E-state index in [-0.39, 0.29) is 18.6 Å². The smallest absolute Gasteiger partial charge is 0.243 e. The second kappa shape index (κ2) is 9.11. The maximum Gasteiger partial charge on any atom is 0.243 e. The van der Waals surface area contributed by atoms with Crippen molar-refractivity contribution in [2.75, 3.05) is 26.3 Å². The summed E-state index contributed by atoms with van der Waals surface area (Å²) in [4.78, 5) is 21.6. The lowest BCUT2D eigenvalue weighted by Crippen LogP contribution is -2.35. The minimum Gasteiger partial charge on any atom is -0.370 e. The largest absolute Gasteiger partial charge is 0.370 e. The van der Waals surface area contributed by atoms with Crippen molar-refractivity contribution in [2.24, 2.45) is 5.73 Å². The average molecular weight is 231 g/mol. The van der Waals surface area contributed by atoms with Crippen LogP contribution in [0, 0.1) is 0 Å². The van der Waals surface area contributed by atoms with Crippen molar-refractivity contribution in [3.05, 3.63) is 0 Å². The maximum atomic E-state index is 11.3. The van der Waals surface area contributed by atoms with Gasteiger partial charge in [0.1, 0.15) is 6.61 Å². The van der Waals surface area contributed by atoms with Crippen molar-refractivity contribution >= 4 is 11.8 Å². The summed E-state index contributed by atoms with van der Waals surface area (Å²) in [5, 5.41) is 5.83. The summed E-state index contributed by atoms with van der Waals surface area (Å²) in [6.45, 7) is 5.37. The number of amides is 2. The van der Waals surface area contributed by atoms with E-state index in [0.717, 1.165) is 6.54 Å². The Bertz CT molecular complexity index is 221. The quantitative estimate of drug-likeness (QED) is 0.443. The van der Waals surface area contributed by atoms with Gasteiger partial charge < -0.3 is 21.1 Å². The molecule has 0 aromatic carbocycles. The molecule has 0 aromatic heterocycles. The Kier molecular flexibility index (Phi) is 8.46. The number of ether oxygens (including phenoxy) is 1. The maximum absolute atomic E-state index is 11.3. The third kappa shape index (κ3) is 9.42. The van der Waals surface area contributed by atoms with E-state index in [0.29, 0.717) is 19.6 Å². The number of hydrogen-bond donors (Lipinski definition) is 3. The van der Waals surface area contributed by atoms with E-state index in [1.54, 1.807) is 0 Å². The molecule has 0 radical (unpaired) electrons. The van der Waals surface area contributed by atoms with Crippen molar-refractivity contribution in [1.29, 1.82) is 0 Å². The van der Waals surface area contributed by atoms with Crippen LogP contribution >= 0.6 is 0 Å². The monoisotopic (exact) mass is 231 g/mol. The Balaban J connectivity index is 3.40. The fraction of sp³-hybridized carbons (Fsp3) is 0.800. The first-order valence-corrected chi connectivity index (χ1v) is 5.42. The number of hydrogen-bond acceptors (Lipinski definition) is 4. The minimum absolute atomic E-state index is 0.0314. The molecular formula is C10H21N3O3. The third-order valence-electron chi connectivity index (χ3n) is 1.86. The molecular weight excluding hydrogens is 210 g/mol. The van der Waals surface area contributed by atoms with Crippen LogP contribution in [0.3, 0.4) is 0 Å². The van der Waals surface area contributed by atoms with Crippen LogP contribution in [-0.2, 0) is 14.3 Å². The molecule has 6 nitrogen and oxygen atoms in total. The molecule has 2 amide bonds. The van der Waals surface area contributed by atoms with Crippen LogP contribution in [0.2, 0.25) is 0 Å². The molecule has 0 saturated heterocycles. The van der Waals surface area contributed by atoms with Gasteiger partial charge in [-0.05, 0) is 13.5 Å². The highest BCUT2D eigenvalue weighted by atomic mass is 16.5. The molecule has 0 bridgehead atoms. The zero-order valence-corrected chi connectivity index (χ0v) is 9.91. The first-order chi connectivity index (χ1) is 7.56. The van der Waals surface area contributed by atoms with E-state index < -0.39 is 5.91 Å². The Morgan fingerprint density at radius 3 is 2.69 bits per heavy atom. The van der Waals surface area contributed by atoms with Gasteiger partial charge in [0.25, 0.3) is 0 Å². The fourth-order valence-corrected chi connectivity index (χ4v) is 1.21. The van der Waals surface area contributed by atoms with E-state index in [1.165, 1.54) is 0 Å². The molecule has 94 valence electrons. The zero-order valence-electron chi connectivity index (χ0n) is 9.91. The number of nitrogens with two attached hydrogens (primary N) is 1. The zero-order chi connectivity index (χ0) is 12.4. The number of carbonyl (C=O) groups is 2. The summed E-state index contributed by atoms with van der Waals surface area (Å²) in [7, 11) is 0. The fourth-order valence-electron chi connectivity index (χ4n) is 1.21. The van der Waals surface area contributed by atoms with Crippen molar-refractivity contribution in [2.45, 2.75) is 26.3 Å². The molecule has 4 N–H and O–H groups in total. The molecule has 0 heterocycles. The molecule has 1 atom stereocenters. The van der Waals surface area contributed by atoms with E-state index in [9.17, 15) is 9.59 Å². The summed E-state index contributed by atoms with van der Waals surface area (Å²) in [6, 6.07) is 0.163. The van der Waals surface area contributed by atoms with E-state index in [2.05, 4.69) is 10.6 Å². The molecule has 1 unspecified atom stereocenters. The first-order valence-electron chi connectivity index (χ1n) is 5.42. The Hall–Kier alpha value is -1.14. The van der Waals surface area contributed by atoms with Crippen molar-refractivity contribution in [3.63, 3.8) is 0 Å². The molecule has 0 fully saturated rings. The number of carbonyl (C=O) groups excluding carboxylic acids is 2. The number of rotatable bonds is 9. The van der Waals surface area contributed by atoms with Crippen LogP contribution in [0.4, 0.5) is 0 Å². The van der Waals surface area contributed by atoms with E-state index >= 15 is 0 Å². The predicted octanol–water partition coefficient (Wildman–Crippen LogP) is -1.01. The van der Waals surface area contributed by atoms with Crippen LogP contribution in [0.1, 0.15) is 20.3 Å². The van der Waals surface area contributed by atoms with Gasteiger partial charge in [-0.15, -0.1) is 0 Å². The van der Waals surface area contributed by atoms with Gasteiger partial charge in [0, 0.05) is 19.0 Å². The van der Waals surface area contributed by atoms with Gasteiger partial charge in [-0.3, -0.25) is 9.59 Å². The SMILES string of the molecule is CCNC(C)CC(=O)NCCOCC(N)=O. The normalized spacial score (nSPS) is 12.1. The van der Waals surface area contributed by atoms with E-state index in [1.807, 2.05) is 13.8 Å². The van der Waals surface area contributed by atoms with Crippen molar-refractivity contribution in [3.8, 4) is 0 Å². The lowest BCUT2D eigenvalue weighted by molar-refractivity contribution is -0.122. The molecule has 16 heavy (non-hydrogen) atoms. The summed E-state index contributed by atoms with van der Waals surface area (Å²) >= 11 is 0. The summed E-state index contributed by atoms with van der Waals surface area (Å²) in [5.74, 6) is -0.539. The molecule has 6 heteroatoms. The lowest BCUT2D eigenvalue weighted by Gasteiger charge is -2.11. The minimum atomic E-state index is -0.507. The van der Waals surface area contributed by atoms with Gasteiger partial charge in [-0.1, -0.05) is 6.92 Å². The van der Waals surface area contributed by atoms with Gasteiger partial charge in [-0.2, -0.15) is 0 Å². The second-order valence-corrected chi connectivity index (χ2v) is 3.53. The van der Waals surface area contributed by atoms with Crippen LogP contribution < -0.4 is 16.4 Å². The summed E-state index contributed by atoms with van der Waals surface area (Å²) in [6.07, 6.45) is 0.434. The Morgan fingerprint density at radius 2 is 2.12 bits per heavy atom. The summed E-state index contributed by atoms with van der Waals surface area (Å²) < 4.78 is 4.89. The molecule has 0 aliphatic rings. The predicted molar refractivity (Wildman–Crippen MR) is 60.8 cm³/mol.